The van der Waals surface area contributed by atoms with E-state index in [9.17, 15) is 13.2 Å². The maximum atomic E-state index is 13.2. The molecule has 3 aromatic rings. The zero-order valence-electron chi connectivity index (χ0n) is 19.9. The molecule has 0 saturated carbocycles. The van der Waals surface area contributed by atoms with Crippen LogP contribution in [0.2, 0.25) is 0 Å². The Balaban J connectivity index is 1.64. The van der Waals surface area contributed by atoms with Crippen LogP contribution in [-0.4, -0.2) is 42.9 Å². The van der Waals surface area contributed by atoms with Crippen LogP contribution in [0.1, 0.15) is 56.3 Å². The molecule has 1 atom stereocenters. The van der Waals surface area contributed by atoms with E-state index in [1.807, 2.05) is 29.7 Å². The van der Waals surface area contributed by atoms with Gasteiger partial charge in [-0.2, -0.15) is 9.30 Å². The molecule has 1 aromatic heterocycles. The van der Waals surface area contributed by atoms with Gasteiger partial charge in [0.1, 0.15) is 5.75 Å². The van der Waals surface area contributed by atoms with Crippen molar-refractivity contribution in [2.75, 3.05) is 13.7 Å². The molecule has 1 aliphatic heterocycles. The summed E-state index contributed by atoms with van der Waals surface area (Å²) in [6, 6.07) is 12.0. The first-order chi connectivity index (χ1) is 16.4. The van der Waals surface area contributed by atoms with E-state index in [2.05, 4.69) is 11.9 Å². The molecular weight excluding hydrogens is 470 g/mol. The summed E-state index contributed by atoms with van der Waals surface area (Å²) in [5.74, 6) is 0.362. The molecule has 0 aliphatic carbocycles. The fraction of sp³-hybridized carbons (Fsp3) is 0.440. The van der Waals surface area contributed by atoms with Gasteiger partial charge in [-0.1, -0.05) is 31.6 Å². The number of hydrogen-bond donors (Lipinski definition) is 0. The Morgan fingerprint density at radius 3 is 2.59 bits per heavy atom. The highest BCUT2D eigenvalue weighted by Gasteiger charge is 2.32. The number of nitrogens with zero attached hydrogens (tertiary/aromatic N) is 3. The molecule has 0 bridgehead atoms. The highest BCUT2D eigenvalue weighted by Crippen LogP contribution is 2.27. The van der Waals surface area contributed by atoms with E-state index < -0.39 is 15.9 Å². The van der Waals surface area contributed by atoms with Gasteiger partial charge in [-0.05, 0) is 62.1 Å². The third-order valence-electron chi connectivity index (χ3n) is 6.29. The Hall–Kier alpha value is -2.49. The standard InChI is InChI=1S/C25H31N3O4S2/c1-4-15-27-22-17-20(32-3)11-14-23(22)33-25(27)26-24(29)18-9-12-21(13-10-18)34(30,31)28-16-7-6-8-19(28)5-2/h9-14,17,19H,4-8,15-16H2,1-3H3. The zero-order valence-corrected chi connectivity index (χ0v) is 21.5. The van der Waals surface area contributed by atoms with Crippen LogP contribution in [0, 0.1) is 0 Å². The number of benzene rings is 2. The number of amides is 1. The van der Waals surface area contributed by atoms with Crippen LogP contribution in [0.4, 0.5) is 0 Å². The molecular formula is C25H31N3O4S2. The minimum Gasteiger partial charge on any atom is -0.497 e. The number of carbonyl (C=O) groups excluding carboxylic acids is 1. The monoisotopic (exact) mass is 501 g/mol. The molecule has 4 rings (SSSR count). The average molecular weight is 502 g/mol. The molecule has 9 heteroatoms. The lowest BCUT2D eigenvalue weighted by molar-refractivity contribution is 0.0997. The summed E-state index contributed by atoms with van der Waals surface area (Å²) < 4.78 is 36.4. The van der Waals surface area contributed by atoms with Crippen LogP contribution in [-0.2, 0) is 16.6 Å². The number of rotatable bonds is 7. The van der Waals surface area contributed by atoms with Crippen molar-refractivity contribution in [1.82, 2.24) is 8.87 Å². The van der Waals surface area contributed by atoms with E-state index in [1.165, 1.54) is 23.5 Å². The smallest absolute Gasteiger partial charge is 0.279 e. The fourth-order valence-corrected chi connectivity index (χ4v) is 7.26. The predicted molar refractivity (Wildman–Crippen MR) is 135 cm³/mol. The van der Waals surface area contributed by atoms with Gasteiger partial charge in [0.25, 0.3) is 5.91 Å². The van der Waals surface area contributed by atoms with E-state index in [4.69, 9.17) is 4.74 Å². The van der Waals surface area contributed by atoms with E-state index in [-0.39, 0.29) is 10.9 Å². The molecule has 34 heavy (non-hydrogen) atoms. The van der Waals surface area contributed by atoms with Crippen molar-refractivity contribution in [3.63, 3.8) is 0 Å². The number of fused-ring (bicyclic) bond motifs is 1. The van der Waals surface area contributed by atoms with Crippen LogP contribution < -0.4 is 9.54 Å². The second-order valence-corrected chi connectivity index (χ2v) is 11.4. The molecule has 2 heterocycles. The number of piperidine rings is 1. The van der Waals surface area contributed by atoms with Crippen molar-refractivity contribution in [2.24, 2.45) is 4.99 Å². The predicted octanol–water partition coefficient (Wildman–Crippen LogP) is 4.82. The Bertz CT molecular complexity index is 1340. The molecule has 2 aromatic carbocycles. The highest BCUT2D eigenvalue weighted by molar-refractivity contribution is 7.89. The Labute approximate surface area is 204 Å². The number of ether oxygens (including phenoxy) is 1. The topological polar surface area (TPSA) is 81.0 Å². The first-order valence-electron chi connectivity index (χ1n) is 11.8. The van der Waals surface area contributed by atoms with Crippen molar-refractivity contribution < 1.29 is 17.9 Å². The lowest BCUT2D eigenvalue weighted by Gasteiger charge is -2.34. The quantitative estimate of drug-likeness (QED) is 0.465. The van der Waals surface area contributed by atoms with Gasteiger partial charge < -0.3 is 9.30 Å². The lowest BCUT2D eigenvalue weighted by Crippen LogP contribution is -2.43. The van der Waals surface area contributed by atoms with Crippen molar-refractivity contribution in [3.05, 3.63) is 52.8 Å². The van der Waals surface area contributed by atoms with Crippen molar-refractivity contribution in [3.8, 4) is 5.75 Å². The first kappa shape index (κ1) is 24.6. The molecule has 7 nitrogen and oxygen atoms in total. The second kappa shape index (κ2) is 10.4. The van der Waals surface area contributed by atoms with Gasteiger partial charge >= 0.3 is 0 Å². The normalized spacial score (nSPS) is 17.9. The van der Waals surface area contributed by atoms with Gasteiger partial charge in [0.2, 0.25) is 10.0 Å². The third kappa shape index (κ3) is 4.82. The Kier molecular flexibility index (Phi) is 7.54. The summed E-state index contributed by atoms with van der Waals surface area (Å²) in [6.45, 7) is 5.37. The lowest BCUT2D eigenvalue weighted by atomic mass is 10.0. The first-order valence-corrected chi connectivity index (χ1v) is 14.0. The van der Waals surface area contributed by atoms with Crippen LogP contribution in [0.15, 0.2) is 52.4 Å². The van der Waals surface area contributed by atoms with E-state index in [0.717, 1.165) is 54.6 Å². The largest absolute Gasteiger partial charge is 0.497 e. The SMILES string of the molecule is CCCn1c(=NC(=O)c2ccc(S(=O)(=O)N3CCCCC3CC)cc2)sc2ccc(OC)cc21. The molecule has 1 aliphatic rings. The molecule has 0 spiro atoms. The zero-order chi connectivity index (χ0) is 24.3. The highest BCUT2D eigenvalue weighted by atomic mass is 32.2. The van der Waals surface area contributed by atoms with Crippen LogP contribution in [0.3, 0.4) is 0 Å². The minimum absolute atomic E-state index is 0.0376. The van der Waals surface area contributed by atoms with Crippen molar-refractivity contribution in [1.29, 1.82) is 0 Å². The Morgan fingerprint density at radius 1 is 1.15 bits per heavy atom. The number of aromatic nitrogens is 1. The van der Waals surface area contributed by atoms with Crippen molar-refractivity contribution in [2.45, 2.75) is 63.4 Å². The maximum Gasteiger partial charge on any atom is 0.279 e. The molecule has 1 amide bonds. The van der Waals surface area contributed by atoms with Crippen LogP contribution in [0.25, 0.3) is 10.2 Å². The van der Waals surface area contributed by atoms with Gasteiger partial charge in [0, 0.05) is 30.8 Å². The summed E-state index contributed by atoms with van der Waals surface area (Å²) in [5.41, 5.74) is 1.34. The van der Waals surface area contributed by atoms with Gasteiger partial charge in [-0.15, -0.1) is 0 Å². The van der Waals surface area contributed by atoms with Gasteiger partial charge in [0.05, 0.1) is 22.2 Å². The average Bonchev–Trinajstić information content (AvgIpc) is 3.20. The second-order valence-electron chi connectivity index (χ2n) is 8.48. The van der Waals surface area contributed by atoms with Gasteiger partial charge in [-0.3, -0.25) is 4.79 Å². The fourth-order valence-electron chi connectivity index (χ4n) is 4.46. The maximum absolute atomic E-state index is 13.2. The number of sulfonamides is 1. The van der Waals surface area contributed by atoms with Crippen LogP contribution >= 0.6 is 11.3 Å². The summed E-state index contributed by atoms with van der Waals surface area (Å²) in [7, 11) is -1.96. The third-order valence-corrected chi connectivity index (χ3v) is 9.31. The number of aryl methyl sites for hydroxylation is 1. The summed E-state index contributed by atoms with van der Waals surface area (Å²) >= 11 is 1.45. The Morgan fingerprint density at radius 2 is 1.91 bits per heavy atom. The van der Waals surface area contributed by atoms with E-state index in [1.54, 1.807) is 23.5 Å². The minimum atomic E-state index is -3.59. The molecule has 1 saturated heterocycles. The molecule has 182 valence electrons. The van der Waals surface area contributed by atoms with Crippen LogP contribution in [0.5, 0.6) is 5.75 Å². The van der Waals surface area contributed by atoms with Gasteiger partial charge in [0.15, 0.2) is 4.80 Å². The van der Waals surface area contributed by atoms with E-state index >= 15 is 0 Å². The molecule has 1 unspecified atom stereocenters. The summed E-state index contributed by atoms with van der Waals surface area (Å²) in [4.78, 5) is 18.2. The van der Waals surface area contributed by atoms with E-state index in [0.29, 0.717) is 16.9 Å². The molecule has 0 radical (unpaired) electrons. The number of carbonyl (C=O) groups is 1. The molecule has 0 N–H and O–H groups in total. The number of hydrogen-bond acceptors (Lipinski definition) is 5. The summed E-state index contributed by atoms with van der Waals surface area (Å²) in [6.07, 6.45) is 4.52. The molecule has 1 fully saturated rings. The number of thiazole rings is 1. The van der Waals surface area contributed by atoms with Crippen molar-refractivity contribution >= 4 is 37.5 Å². The van der Waals surface area contributed by atoms with Gasteiger partial charge in [-0.25, -0.2) is 8.42 Å². The number of methoxy groups -OCH3 is 1. The summed E-state index contributed by atoms with van der Waals surface area (Å²) in [5, 5.41) is 0.